The third-order valence-corrected chi connectivity index (χ3v) is 6.41. The van der Waals surface area contributed by atoms with Crippen molar-refractivity contribution in [1.29, 1.82) is 0 Å². The summed E-state index contributed by atoms with van der Waals surface area (Å²) < 4.78 is 11.5. The molecule has 0 saturated carbocycles. The van der Waals surface area contributed by atoms with Crippen LogP contribution in [0.5, 0.6) is 5.75 Å². The zero-order valence-electron chi connectivity index (χ0n) is 20.5. The number of ether oxygens (including phenoxy) is 2. The Kier molecular flexibility index (Phi) is 11.7. The maximum absolute atomic E-state index is 12.3. The summed E-state index contributed by atoms with van der Waals surface area (Å²) in [6.07, 6.45) is 4.15. The molecule has 0 spiro atoms. The van der Waals surface area contributed by atoms with Gasteiger partial charge in [0, 0.05) is 25.6 Å². The Hall–Kier alpha value is -1.59. The van der Waals surface area contributed by atoms with Crippen molar-refractivity contribution < 1.29 is 14.6 Å². The molecule has 2 atom stereocenters. The molecule has 4 nitrogen and oxygen atoms in total. The SMILES string of the molecule is CCCCCOc1ccc(C(O)(CC(C)C)C(CN2CCOCC2)c2ccccc2)cc1.Cl. The van der Waals surface area contributed by atoms with Crippen LogP contribution in [0.15, 0.2) is 54.6 Å². The lowest BCUT2D eigenvalue weighted by molar-refractivity contribution is -0.0356. The molecular formula is C28H42ClNO3. The van der Waals surface area contributed by atoms with Crippen LogP contribution in [0.4, 0.5) is 0 Å². The molecule has 2 aromatic carbocycles. The van der Waals surface area contributed by atoms with E-state index in [2.05, 4.69) is 62.1 Å². The lowest BCUT2D eigenvalue weighted by Crippen LogP contribution is -2.45. The first-order valence-electron chi connectivity index (χ1n) is 12.3. The summed E-state index contributed by atoms with van der Waals surface area (Å²) >= 11 is 0. The molecule has 0 aliphatic carbocycles. The average molecular weight is 476 g/mol. The summed E-state index contributed by atoms with van der Waals surface area (Å²) in [5.74, 6) is 1.21. The van der Waals surface area contributed by atoms with Crippen LogP contribution in [-0.4, -0.2) is 49.5 Å². The van der Waals surface area contributed by atoms with E-state index in [-0.39, 0.29) is 18.3 Å². The molecule has 3 rings (SSSR count). The average Bonchev–Trinajstić information content (AvgIpc) is 2.81. The van der Waals surface area contributed by atoms with Gasteiger partial charge in [-0.05, 0) is 42.0 Å². The molecule has 33 heavy (non-hydrogen) atoms. The predicted molar refractivity (Wildman–Crippen MR) is 139 cm³/mol. The molecular weight excluding hydrogens is 434 g/mol. The molecule has 1 saturated heterocycles. The quantitative estimate of drug-likeness (QED) is 0.381. The van der Waals surface area contributed by atoms with Gasteiger partial charge in [-0.1, -0.05) is 76.1 Å². The van der Waals surface area contributed by atoms with Crippen molar-refractivity contribution >= 4 is 12.4 Å². The van der Waals surface area contributed by atoms with Crippen molar-refractivity contribution in [2.75, 3.05) is 39.5 Å². The van der Waals surface area contributed by atoms with Gasteiger partial charge in [-0.25, -0.2) is 0 Å². The molecule has 0 amide bonds. The number of hydrogen-bond acceptors (Lipinski definition) is 4. The van der Waals surface area contributed by atoms with Gasteiger partial charge in [0.05, 0.1) is 25.4 Å². The van der Waals surface area contributed by atoms with Crippen molar-refractivity contribution in [2.24, 2.45) is 5.92 Å². The van der Waals surface area contributed by atoms with Crippen LogP contribution in [0.25, 0.3) is 0 Å². The highest BCUT2D eigenvalue weighted by atomic mass is 35.5. The van der Waals surface area contributed by atoms with Crippen molar-refractivity contribution in [3.8, 4) is 5.75 Å². The minimum absolute atomic E-state index is 0. The number of unbranched alkanes of at least 4 members (excludes halogenated alkanes) is 2. The number of morpholine rings is 1. The second-order valence-corrected chi connectivity index (χ2v) is 9.48. The fourth-order valence-corrected chi connectivity index (χ4v) is 4.72. The van der Waals surface area contributed by atoms with E-state index in [1.165, 1.54) is 18.4 Å². The molecule has 0 radical (unpaired) electrons. The van der Waals surface area contributed by atoms with Gasteiger partial charge in [0.2, 0.25) is 0 Å². The van der Waals surface area contributed by atoms with Gasteiger partial charge in [-0.2, -0.15) is 0 Å². The molecule has 2 unspecified atom stereocenters. The summed E-state index contributed by atoms with van der Waals surface area (Å²) in [5, 5.41) is 12.3. The first-order chi connectivity index (χ1) is 15.5. The Morgan fingerprint density at radius 2 is 1.67 bits per heavy atom. The highest BCUT2D eigenvalue weighted by Crippen LogP contribution is 2.43. The van der Waals surface area contributed by atoms with E-state index in [4.69, 9.17) is 9.47 Å². The van der Waals surface area contributed by atoms with Crippen molar-refractivity contribution in [3.05, 3.63) is 65.7 Å². The number of benzene rings is 2. The number of halogens is 1. The van der Waals surface area contributed by atoms with E-state index >= 15 is 0 Å². The zero-order valence-corrected chi connectivity index (χ0v) is 21.4. The Bertz CT molecular complexity index is 777. The van der Waals surface area contributed by atoms with Crippen LogP contribution in [-0.2, 0) is 10.3 Å². The van der Waals surface area contributed by atoms with Crippen molar-refractivity contribution in [3.63, 3.8) is 0 Å². The maximum atomic E-state index is 12.3. The fraction of sp³-hybridized carbons (Fsp3) is 0.571. The molecule has 1 fully saturated rings. The third-order valence-electron chi connectivity index (χ3n) is 6.41. The Morgan fingerprint density at radius 3 is 2.27 bits per heavy atom. The highest BCUT2D eigenvalue weighted by Gasteiger charge is 2.41. The van der Waals surface area contributed by atoms with E-state index in [1.54, 1.807) is 0 Å². The lowest BCUT2D eigenvalue weighted by atomic mass is 9.72. The Balaban J connectivity index is 0.00000385. The van der Waals surface area contributed by atoms with Gasteiger partial charge >= 0.3 is 0 Å². The minimum atomic E-state index is -0.964. The van der Waals surface area contributed by atoms with Crippen LogP contribution in [0, 0.1) is 5.92 Å². The molecule has 1 aliphatic rings. The summed E-state index contributed by atoms with van der Waals surface area (Å²) in [6, 6.07) is 18.7. The van der Waals surface area contributed by atoms with Gasteiger partial charge in [0.25, 0.3) is 0 Å². The van der Waals surface area contributed by atoms with Crippen LogP contribution in [0.3, 0.4) is 0 Å². The molecule has 1 heterocycles. The third kappa shape index (κ3) is 7.99. The molecule has 1 aliphatic heterocycles. The van der Waals surface area contributed by atoms with Crippen LogP contribution in [0.2, 0.25) is 0 Å². The summed E-state index contributed by atoms with van der Waals surface area (Å²) in [7, 11) is 0. The molecule has 2 aromatic rings. The van der Waals surface area contributed by atoms with Gasteiger partial charge in [0.15, 0.2) is 0 Å². The Labute approximate surface area is 206 Å². The van der Waals surface area contributed by atoms with E-state index in [0.717, 1.165) is 57.2 Å². The molecule has 0 bridgehead atoms. The molecule has 0 aromatic heterocycles. The summed E-state index contributed by atoms with van der Waals surface area (Å²) in [6.45, 7) is 11.5. The molecule has 5 heteroatoms. The van der Waals surface area contributed by atoms with Crippen LogP contribution in [0.1, 0.15) is 63.5 Å². The molecule has 1 N–H and O–H groups in total. The second kappa shape index (κ2) is 14.0. The monoisotopic (exact) mass is 475 g/mol. The number of nitrogens with zero attached hydrogens (tertiary/aromatic N) is 1. The fourth-order valence-electron chi connectivity index (χ4n) is 4.72. The first-order valence-corrected chi connectivity index (χ1v) is 12.3. The summed E-state index contributed by atoms with van der Waals surface area (Å²) in [5.41, 5.74) is 1.19. The normalized spacial score (nSPS) is 17.2. The first kappa shape index (κ1) is 27.7. The second-order valence-electron chi connectivity index (χ2n) is 9.48. The van der Waals surface area contributed by atoms with E-state index in [0.29, 0.717) is 12.3 Å². The smallest absolute Gasteiger partial charge is 0.119 e. The van der Waals surface area contributed by atoms with Crippen LogP contribution < -0.4 is 4.74 Å². The van der Waals surface area contributed by atoms with E-state index in [1.807, 2.05) is 18.2 Å². The maximum Gasteiger partial charge on any atom is 0.119 e. The topological polar surface area (TPSA) is 41.9 Å². The standard InChI is InChI=1S/C28H41NO3.ClH/c1-4-5-9-18-32-26-14-12-25(13-15-26)28(30,21-23(2)3)27(24-10-7-6-8-11-24)22-29-16-19-31-20-17-29;/h6-8,10-15,23,27,30H,4-5,9,16-22H2,1-3H3;1H. The van der Waals surface area contributed by atoms with Crippen LogP contribution >= 0.6 is 12.4 Å². The van der Waals surface area contributed by atoms with Crippen molar-refractivity contribution in [1.82, 2.24) is 4.90 Å². The van der Waals surface area contributed by atoms with Gasteiger partial charge in [-0.3, -0.25) is 4.90 Å². The van der Waals surface area contributed by atoms with Gasteiger partial charge < -0.3 is 14.6 Å². The number of aliphatic hydroxyl groups is 1. The Morgan fingerprint density at radius 1 is 1.00 bits per heavy atom. The zero-order chi connectivity index (χ0) is 22.8. The van der Waals surface area contributed by atoms with Gasteiger partial charge in [-0.15, -0.1) is 12.4 Å². The minimum Gasteiger partial charge on any atom is -0.494 e. The number of hydrogen-bond donors (Lipinski definition) is 1. The lowest BCUT2D eigenvalue weighted by Gasteiger charge is -2.42. The largest absolute Gasteiger partial charge is 0.494 e. The summed E-state index contributed by atoms with van der Waals surface area (Å²) in [4.78, 5) is 2.43. The van der Waals surface area contributed by atoms with E-state index < -0.39 is 5.60 Å². The highest BCUT2D eigenvalue weighted by molar-refractivity contribution is 5.85. The predicted octanol–water partition coefficient (Wildman–Crippen LogP) is 6.03. The number of rotatable bonds is 12. The van der Waals surface area contributed by atoms with Gasteiger partial charge in [0.1, 0.15) is 5.75 Å². The van der Waals surface area contributed by atoms with Crippen molar-refractivity contribution in [2.45, 2.75) is 58.0 Å². The van der Waals surface area contributed by atoms with E-state index in [9.17, 15) is 5.11 Å². The molecule has 184 valence electrons.